The van der Waals surface area contributed by atoms with Crippen molar-refractivity contribution in [1.82, 2.24) is 10.2 Å². The zero-order valence-electron chi connectivity index (χ0n) is 8.57. The van der Waals surface area contributed by atoms with Crippen LogP contribution in [0.15, 0.2) is 0 Å². The van der Waals surface area contributed by atoms with Crippen LogP contribution in [0, 0.1) is 0 Å². The topological polar surface area (TPSA) is 89.9 Å². The number of carboxylic acids is 1. The van der Waals surface area contributed by atoms with Gasteiger partial charge in [-0.3, -0.25) is 0 Å². The lowest BCUT2D eigenvalue weighted by atomic mass is 10.1. The van der Waals surface area contributed by atoms with E-state index in [-0.39, 0.29) is 13.2 Å². The lowest BCUT2D eigenvalue weighted by Crippen LogP contribution is -2.53. The number of amides is 2. The van der Waals surface area contributed by atoms with Crippen molar-refractivity contribution >= 4 is 12.0 Å². The summed E-state index contributed by atoms with van der Waals surface area (Å²) < 4.78 is 0. The van der Waals surface area contributed by atoms with Crippen LogP contribution < -0.4 is 5.32 Å². The van der Waals surface area contributed by atoms with Gasteiger partial charge in [0.05, 0.1) is 6.61 Å². The number of nitrogens with zero attached hydrogens (tertiary/aromatic N) is 1. The van der Waals surface area contributed by atoms with E-state index in [0.29, 0.717) is 0 Å². The Kier molecular flexibility index (Phi) is 4.36. The molecule has 6 nitrogen and oxygen atoms in total. The average Bonchev–Trinajstić information content (AvgIpc) is 2.03. The summed E-state index contributed by atoms with van der Waals surface area (Å²) >= 11 is 0. The summed E-state index contributed by atoms with van der Waals surface area (Å²) in [7, 11) is 1.48. The van der Waals surface area contributed by atoms with Crippen LogP contribution in [0.2, 0.25) is 0 Å². The monoisotopic (exact) mass is 204 g/mol. The van der Waals surface area contributed by atoms with Crippen LogP contribution in [0.1, 0.15) is 13.8 Å². The minimum atomic E-state index is -1.30. The molecule has 14 heavy (non-hydrogen) atoms. The van der Waals surface area contributed by atoms with Gasteiger partial charge in [-0.05, 0) is 13.8 Å². The minimum absolute atomic E-state index is 0.155. The number of nitrogens with one attached hydrogen (secondary N) is 1. The molecule has 0 unspecified atom stereocenters. The molecule has 0 aliphatic carbocycles. The van der Waals surface area contributed by atoms with Crippen molar-refractivity contribution in [2.75, 3.05) is 20.2 Å². The predicted octanol–water partition coefficient (Wildman–Crippen LogP) is -0.517. The first-order chi connectivity index (χ1) is 6.31. The van der Waals surface area contributed by atoms with E-state index in [1.807, 2.05) is 0 Å². The van der Waals surface area contributed by atoms with E-state index >= 15 is 0 Å². The fraction of sp³-hybridized carbons (Fsp3) is 0.750. The van der Waals surface area contributed by atoms with Gasteiger partial charge in [0, 0.05) is 13.6 Å². The molecule has 0 atom stereocenters. The molecule has 82 valence electrons. The quantitative estimate of drug-likeness (QED) is 0.575. The molecule has 0 aliphatic heterocycles. The summed E-state index contributed by atoms with van der Waals surface area (Å²) in [5, 5.41) is 19.6. The number of aliphatic hydroxyl groups excluding tert-OH is 1. The molecule has 0 spiro atoms. The maximum atomic E-state index is 11.3. The maximum Gasteiger partial charge on any atom is 0.328 e. The number of carbonyl (C=O) groups excluding carboxylic acids is 1. The van der Waals surface area contributed by atoms with Gasteiger partial charge in [0.15, 0.2) is 0 Å². The molecule has 0 heterocycles. The normalized spacial score (nSPS) is 10.9. The summed E-state index contributed by atoms with van der Waals surface area (Å²) in [5.74, 6) is -1.11. The Hall–Kier alpha value is -1.30. The molecule has 0 aromatic rings. The van der Waals surface area contributed by atoms with E-state index in [2.05, 4.69) is 5.32 Å². The van der Waals surface area contributed by atoms with E-state index in [9.17, 15) is 9.59 Å². The molecule has 0 aromatic heterocycles. The van der Waals surface area contributed by atoms with Gasteiger partial charge in [0.25, 0.3) is 0 Å². The molecule has 0 aliphatic rings. The van der Waals surface area contributed by atoms with Gasteiger partial charge in [0.1, 0.15) is 5.54 Å². The highest BCUT2D eigenvalue weighted by Crippen LogP contribution is 2.02. The van der Waals surface area contributed by atoms with E-state index in [1.54, 1.807) is 0 Å². The molecule has 6 heteroatoms. The molecular weight excluding hydrogens is 188 g/mol. The van der Waals surface area contributed by atoms with Crippen LogP contribution >= 0.6 is 0 Å². The first-order valence-electron chi connectivity index (χ1n) is 4.19. The Morgan fingerprint density at radius 2 is 1.93 bits per heavy atom. The molecule has 3 N–H and O–H groups in total. The molecule has 2 amide bonds. The number of rotatable bonds is 4. The lowest BCUT2D eigenvalue weighted by Gasteiger charge is -2.25. The minimum Gasteiger partial charge on any atom is -0.480 e. The van der Waals surface area contributed by atoms with E-state index < -0.39 is 17.5 Å². The van der Waals surface area contributed by atoms with Crippen LogP contribution in [-0.4, -0.2) is 52.9 Å². The number of urea groups is 1. The second-order valence-electron chi connectivity index (χ2n) is 3.51. The maximum absolute atomic E-state index is 11.3. The lowest BCUT2D eigenvalue weighted by molar-refractivity contribution is -0.143. The highest BCUT2D eigenvalue weighted by Gasteiger charge is 2.29. The average molecular weight is 204 g/mol. The third-order valence-electron chi connectivity index (χ3n) is 1.74. The smallest absolute Gasteiger partial charge is 0.328 e. The van der Waals surface area contributed by atoms with Gasteiger partial charge in [0.2, 0.25) is 0 Å². The summed E-state index contributed by atoms with van der Waals surface area (Å²) in [6, 6.07) is -0.522. The Morgan fingerprint density at radius 1 is 1.43 bits per heavy atom. The van der Waals surface area contributed by atoms with Crippen molar-refractivity contribution < 1.29 is 19.8 Å². The highest BCUT2D eigenvalue weighted by molar-refractivity contribution is 5.85. The van der Waals surface area contributed by atoms with Crippen molar-refractivity contribution in [2.45, 2.75) is 19.4 Å². The second kappa shape index (κ2) is 4.80. The van der Waals surface area contributed by atoms with Crippen LogP contribution in [0.5, 0.6) is 0 Å². The second-order valence-corrected chi connectivity index (χ2v) is 3.51. The number of carboxylic acid groups (broad SMARTS) is 1. The Bertz CT molecular complexity index is 227. The summed E-state index contributed by atoms with van der Waals surface area (Å²) in [6.45, 7) is 2.79. The number of aliphatic carboxylic acids is 1. The van der Waals surface area contributed by atoms with E-state index in [1.165, 1.54) is 25.8 Å². The van der Waals surface area contributed by atoms with Gasteiger partial charge in [-0.2, -0.15) is 0 Å². The Labute approximate surface area is 82.5 Å². The third kappa shape index (κ3) is 3.61. The number of aliphatic hydroxyl groups is 1. The van der Waals surface area contributed by atoms with Gasteiger partial charge in [-0.25, -0.2) is 9.59 Å². The summed E-state index contributed by atoms with van der Waals surface area (Å²) in [4.78, 5) is 23.2. The van der Waals surface area contributed by atoms with Crippen LogP contribution in [-0.2, 0) is 4.79 Å². The fourth-order valence-corrected chi connectivity index (χ4v) is 0.668. The molecule has 0 radical (unpaired) electrons. The molecule has 0 rings (SSSR count). The van der Waals surface area contributed by atoms with Gasteiger partial charge in [-0.1, -0.05) is 0 Å². The van der Waals surface area contributed by atoms with Crippen molar-refractivity contribution in [2.24, 2.45) is 0 Å². The molecule has 0 bridgehead atoms. The number of hydrogen-bond donors (Lipinski definition) is 3. The van der Waals surface area contributed by atoms with Crippen molar-refractivity contribution in [3.05, 3.63) is 0 Å². The summed E-state index contributed by atoms with van der Waals surface area (Å²) in [5.41, 5.74) is -1.30. The third-order valence-corrected chi connectivity index (χ3v) is 1.74. The molecule has 0 aromatic carbocycles. The van der Waals surface area contributed by atoms with Gasteiger partial charge in [-0.15, -0.1) is 0 Å². The molecule has 0 saturated carbocycles. The fourth-order valence-electron chi connectivity index (χ4n) is 0.668. The molecule has 0 fully saturated rings. The standard InChI is InChI=1S/C8H16N2O4/c1-8(2,6(12)13)9-7(14)10(3)4-5-11/h11H,4-5H2,1-3H3,(H,9,14)(H,12,13). The predicted molar refractivity (Wildman–Crippen MR) is 50.0 cm³/mol. The first kappa shape index (κ1) is 12.7. The first-order valence-corrected chi connectivity index (χ1v) is 4.19. The van der Waals surface area contributed by atoms with Crippen LogP contribution in [0.4, 0.5) is 4.79 Å². The zero-order valence-corrected chi connectivity index (χ0v) is 8.57. The van der Waals surface area contributed by atoms with Crippen molar-refractivity contribution in [3.8, 4) is 0 Å². The van der Waals surface area contributed by atoms with Gasteiger partial charge < -0.3 is 20.4 Å². The van der Waals surface area contributed by atoms with Crippen LogP contribution in [0.25, 0.3) is 0 Å². The number of carbonyl (C=O) groups is 2. The largest absolute Gasteiger partial charge is 0.480 e. The Morgan fingerprint density at radius 3 is 2.29 bits per heavy atom. The molecule has 0 saturated heterocycles. The zero-order chi connectivity index (χ0) is 11.4. The number of likely N-dealkylation sites (N-methyl/N-ethyl adjacent to an activating group) is 1. The van der Waals surface area contributed by atoms with Gasteiger partial charge >= 0.3 is 12.0 Å². The number of hydrogen-bond acceptors (Lipinski definition) is 3. The molecular formula is C8H16N2O4. The van der Waals surface area contributed by atoms with E-state index in [0.717, 1.165) is 0 Å². The SMILES string of the molecule is CN(CCO)C(=O)NC(C)(C)C(=O)O. The highest BCUT2D eigenvalue weighted by atomic mass is 16.4. The van der Waals surface area contributed by atoms with Crippen LogP contribution in [0.3, 0.4) is 0 Å². The Balaban J connectivity index is 4.24. The van der Waals surface area contributed by atoms with Crippen molar-refractivity contribution in [1.29, 1.82) is 0 Å². The summed E-state index contributed by atoms with van der Waals surface area (Å²) in [6.07, 6.45) is 0. The van der Waals surface area contributed by atoms with E-state index in [4.69, 9.17) is 10.2 Å². The van der Waals surface area contributed by atoms with Crippen molar-refractivity contribution in [3.63, 3.8) is 0 Å².